The van der Waals surface area contributed by atoms with E-state index in [2.05, 4.69) is 11.9 Å². The fraction of sp³-hybridized carbons (Fsp3) is 1.00. The van der Waals surface area contributed by atoms with Gasteiger partial charge in [0.25, 0.3) is 0 Å². The van der Waals surface area contributed by atoms with Gasteiger partial charge in [-0.1, -0.05) is 13.3 Å². The molecule has 0 heterocycles. The van der Waals surface area contributed by atoms with Crippen molar-refractivity contribution in [2.24, 2.45) is 0 Å². The van der Waals surface area contributed by atoms with Crippen LogP contribution in [0.3, 0.4) is 0 Å². The molecule has 0 rings (SSSR count). The molecule has 0 aliphatic carbocycles. The molecule has 0 aromatic rings. The SMILES string of the molecule is CCCCCCCCCCCCCC[Te]C. The van der Waals surface area contributed by atoms with E-state index in [0.29, 0.717) is 20.9 Å². The Morgan fingerprint density at radius 1 is 0.562 bits per heavy atom. The predicted molar refractivity (Wildman–Crippen MR) is 77.5 cm³/mol. The van der Waals surface area contributed by atoms with Crippen LogP contribution in [-0.2, 0) is 0 Å². The van der Waals surface area contributed by atoms with E-state index in [-0.39, 0.29) is 0 Å². The molecular formula is C15H32Te. The van der Waals surface area contributed by atoms with E-state index >= 15 is 0 Å². The van der Waals surface area contributed by atoms with Gasteiger partial charge in [0.2, 0.25) is 0 Å². The molecule has 0 nitrogen and oxygen atoms in total. The third-order valence-corrected chi connectivity index (χ3v) is 5.19. The minimum absolute atomic E-state index is 0.421. The van der Waals surface area contributed by atoms with E-state index in [1.54, 1.807) is 4.47 Å². The molecule has 0 saturated carbocycles. The molecule has 0 amide bonds. The standard InChI is InChI=1S/C15H32Te/c1-3-4-5-6-7-8-9-10-11-12-13-14-15-16-2/h3-15H2,1-2H3. The predicted octanol–water partition coefficient (Wildman–Crippen LogP) is 5.86. The van der Waals surface area contributed by atoms with Crippen LogP contribution >= 0.6 is 0 Å². The van der Waals surface area contributed by atoms with E-state index in [9.17, 15) is 0 Å². The van der Waals surface area contributed by atoms with Crippen LogP contribution in [0.4, 0.5) is 0 Å². The van der Waals surface area contributed by atoms with E-state index in [4.69, 9.17) is 0 Å². The van der Waals surface area contributed by atoms with Crippen molar-refractivity contribution in [3.63, 3.8) is 0 Å². The molecule has 0 N–H and O–H groups in total. The van der Waals surface area contributed by atoms with Gasteiger partial charge < -0.3 is 0 Å². The maximum atomic E-state index is 2.42. The molecular weight excluding hydrogens is 308 g/mol. The first-order valence-corrected chi connectivity index (χ1v) is 11.4. The summed E-state index contributed by atoms with van der Waals surface area (Å²) in [6, 6.07) is 0. The molecule has 0 unspecified atom stereocenters. The third kappa shape index (κ3) is 14.8. The Morgan fingerprint density at radius 3 is 1.31 bits per heavy atom. The Hall–Kier alpha value is 0.790. The average molecular weight is 340 g/mol. The first-order chi connectivity index (χ1) is 7.91. The van der Waals surface area contributed by atoms with Crippen molar-refractivity contribution >= 4 is 20.9 Å². The number of unbranched alkanes of at least 4 members (excludes halogenated alkanes) is 11. The van der Waals surface area contributed by atoms with Crippen LogP contribution in [0.2, 0.25) is 9.44 Å². The summed E-state index contributed by atoms with van der Waals surface area (Å²) in [5.74, 6) is 0. The van der Waals surface area contributed by atoms with Gasteiger partial charge in [-0.15, -0.1) is 0 Å². The van der Waals surface area contributed by atoms with Gasteiger partial charge in [-0.05, 0) is 0 Å². The summed E-state index contributed by atoms with van der Waals surface area (Å²) in [6.45, 7) is 2.29. The second kappa shape index (κ2) is 15.8. The summed E-state index contributed by atoms with van der Waals surface area (Å²) in [7, 11) is 0. The van der Waals surface area contributed by atoms with Gasteiger partial charge in [0.05, 0.1) is 0 Å². The zero-order valence-corrected chi connectivity index (χ0v) is 13.9. The fourth-order valence-electron chi connectivity index (χ4n) is 2.09. The van der Waals surface area contributed by atoms with Gasteiger partial charge >= 0.3 is 101 Å². The number of rotatable bonds is 13. The van der Waals surface area contributed by atoms with Crippen LogP contribution in [0, 0.1) is 0 Å². The summed E-state index contributed by atoms with van der Waals surface area (Å²) < 4.78 is 1.57. The average Bonchev–Trinajstić information content (AvgIpc) is 2.31. The second-order valence-corrected chi connectivity index (χ2v) is 7.69. The Morgan fingerprint density at radius 2 is 0.938 bits per heavy atom. The second-order valence-electron chi connectivity index (χ2n) is 4.88. The molecule has 0 bridgehead atoms. The molecule has 16 heavy (non-hydrogen) atoms. The molecule has 0 aromatic heterocycles. The molecule has 0 aliphatic heterocycles. The normalized spacial score (nSPS) is 10.9. The zero-order valence-electron chi connectivity index (χ0n) is 11.6. The molecule has 1 heteroatoms. The summed E-state index contributed by atoms with van der Waals surface area (Å²) in [5.41, 5.74) is 0. The van der Waals surface area contributed by atoms with Crippen LogP contribution in [0.25, 0.3) is 0 Å². The van der Waals surface area contributed by atoms with E-state index < -0.39 is 0 Å². The van der Waals surface area contributed by atoms with Crippen molar-refractivity contribution in [3.8, 4) is 0 Å². The van der Waals surface area contributed by atoms with Gasteiger partial charge in [-0.2, -0.15) is 0 Å². The molecule has 0 aliphatic rings. The molecule has 0 saturated heterocycles. The van der Waals surface area contributed by atoms with Crippen molar-refractivity contribution in [1.82, 2.24) is 0 Å². The van der Waals surface area contributed by atoms with Gasteiger partial charge in [0.1, 0.15) is 0 Å². The van der Waals surface area contributed by atoms with Crippen LogP contribution in [0.5, 0.6) is 0 Å². The first kappa shape index (κ1) is 16.8. The van der Waals surface area contributed by atoms with Crippen LogP contribution in [0.15, 0.2) is 0 Å². The van der Waals surface area contributed by atoms with Gasteiger partial charge in [-0.25, -0.2) is 0 Å². The number of hydrogen-bond donors (Lipinski definition) is 0. The van der Waals surface area contributed by atoms with Crippen LogP contribution in [0.1, 0.15) is 84.0 Å². The molecule has 0 spiro atoms. The molecule has 0 fully saturated rings. The molecule has 0 radical (unpaired) electrons. The van der Waals surface area contributed by atoms with E-state index in [0.717, 1.165) is 0 Å². The zero-order chi connectivity index (χ0) is 11.9. The summed E-state index contributed by atoms with van der Waals surface area (Å²) in [4.78, 5) is 2.42. The number of hydrogen-bond acceptors (Lipinski definition) is 0. The molecule has 0 atom stereocenters. The third-order valence-electron chi connectivity index (χ3n) is 3.20. The Bertz CT molecular complexity index is 98.0. The molecule has 0 aromatic carbocycles. The van der Waals surface area contributed by atoms with Crippen molar-refractivity contribution < 1.29 is 0 Å². The topological polar surface area (TPSA) is 0 Å². The van der Waals surface area contributed by atoms with E-state index in [1.165, 1.54) is 77.0 Å². The summed E-state index contributed by atoms with van der Waals surface area (Å²) >= 11 is 0.421. The Kier molecular flexibility index (Phi) is 16.6. The Labute approximate surface area is 114 Å². The molecule has 98 valence electrons. The van der Waals surface area contributed by atoms with Gasteiger partial charge in [0, 0.05) is 0 Å². The maximum absolute atomic E-state index is 2.42. The van der Waals surface area contributed by atoms with Crippen molar-refractivity contribution in [1.29, 1.82) is 0 Å². The van der Waals surface area contributed by atoms with Gasteiger partial charge in [0.15, 0.2) is 0 Å². The van der Waals surface area contributed by atoms with Crippen LogP contribution in [-0.4, -0.2) is 20.9 Å². The van der Waals surface area contributed by atoms with Crippen molar-refractivity contribution in [2.75, 3.05) is 0 Å². The summed E-state index contributed by atoms with van der Waals surface area (Å²) in [5, 5.41) is 0. The quantitative estimate of drug-likeness (QED) is 0.291. The Balaban J connectivity index is 2.83. The summed E-state index contributed by atoms with van der Waals surface area (Å²) in [6.07, 6.45) is 17.8. The van der Waals surface area contributed by atoms with Crippen molar-refractivity contribution in [3.05, 3.63) is 0 Å². The van der Waals surface area contributed by atoms with Crippen molar-refractivity contribution in [2.45, 2.75) is 93.4 Å². The first-order valence-electron chi connectivity index (χ1n) is 7.40. The van der Waals surface area contributed by atoms with Crippen LogP contribution < -0.4 is 0 Å². The fourth-order valence-corrected chi connectivity index (χ4v) is 3.49. The monoisotopic (exact) mass is 342 g/mol. The van der Waals surface area contributed by atoms with Gasteiger partial charge in [-0.3, -0.25) is 0 Å². The van der Waals surface area contributed by atoms with E-state index in [1.807, 2.05) is 0 Å². The minimum atomic E-state index is 0.421.